The molecule has 112 valence electrons. The Labute approximate surface area is 128 Å². The van der Waals surface area contributed by atoms with Crippen LogP contribution >= 0.6 is 11.6 Å². The Morgan fingerprint density at radius 2 is 2.05 bits per heavy atom. The van der Waals surface area contributed by atoms with Crippen molar-refractivity contribution in [2.75, 3.05) is 4.72 Å². The van der Waals surface area contributed by atoms with Gasteiger partial charge in [-0.3, -0.25) is 9.71 Å². The highest BCUT2D eigenvalue weighted by Gasteiger charge is 2.20. The Bertz CT molecular complexity index is 776. The molecule has 21 heavy (non-hydrogen) atoms. The van der Waals surface area contributed by atoms with E-state index in [-0.39, 0.29) is 16.5 Å². The summed E-state index contributed by atoms with van der Waals surface area (Å²) in [7, 11) is -3.81. The van der Waals surface area contributed by atoms with Crippen LogP contribution in [0.3, 0.4) is 0 Å². The number of aliphatic hydroxyl groups excluding tert-OH is 1. The zero-order chi connectivity index (χ0) is 15.6. The molecule has 1 aromatic carbocycles. The Hall–Kier alpha value is -1.63. The number of rotatable bonds is 4. The van der Waals surface area contributed by atoms with Crippen LogP contribution in [0.1, 0.15) is 16.8 Å². The Morgan fingerprint density at radius 3 is 2.67 bits per heavy atom. The van der Waals surface area contributed by atoms with Crippen LogP contribution in [-0.4, -0.2) is 18.5 Å². The minimum atomic E-state index is -3.81. The van der Waals surface area contributed by atoms with Gasteiger partial charge in [0.1, 0.15) is 0 Å². The molecule has 0 saturated heterocycles. The second-order valence-corrected chi connectivity index (χ2v) is 6.68. The minimum Gasteiger partial charge on any atom is -0.392 e. The molecule has 0 bridgehead atoms. The highest BCUT2D eigenvalue weighted by molar-refractivity contribution is 7.92. The summed E-state index contributed by atoms with van der Waals surface area (Å²) in [4.78, 5) is 4.08. The second kappa shape index (κ2) is 6.01. The third-order valence-corrected chi connectivity index (χ3v) is 4.85. The summed E-state index contributed by atoms with van der Waals surface area (Å²) in [6.07, 6.45) is 1.58. The first-order valence-electron chi connectivity index (χ1n) is 6.19. The largest absolute Gasteiger partial charge is 0.392 e. The molecule has 2 N–H and O–H groups in total. The maximum atomic E-state index is 12.5. The predicted molar refractivity (Wildman–Crippen MR) is 81.9 cm³/mol. The number of anilines is 1. The smallest absolute Gasteiger partial charge is 0.262 e. The van der Waals surface area contributed by atoms with Crippen molar-refractivity contribution in [3.8, 4) is 0 Å². The van der Waals surface area contributed by atoms with Gasteiger partial charge >= 0.3 is 0 Å². The van der Waals surface area contributed by atoms with E-state index in [4.69, 9.17) is 11.6 Å². The van der Waals surface area contributed by atoms with Crippen molar-refractivity contribution in [2.45, 2.75) is 25.3 Å². The summed E-state index contributed by atoms with van der Waals surface area (Å²) in [5.74, 6) is 0. The molecular formula is C14H15ClN2O3S. The van der Waals surface area contributed by atoms with Crippen LogP contribution in [0, 0.1) is 13.8 Å². The summed E-state index contributed by atoms with van der Waals surface area (Å²) in [5, 5.41) is 9.54. The summed E-state index contributed by atoms with van der Waals surface area (Å²) in [6, 6.07) is 6.19. The molecular weight excluding hydrogens is 312 g/mol. The van der Waals surface area contributed by atoms with E-state index in [9.17, 15) is 13.5 Å². The zero-order valence-electron chi connectivity index (χ0n) is 11.6. The van der Waals surface area contributed by atoms with E-state index in [1.807, 2.05) is 0 Å². The molecule has 2 aromatic rings. The lowest BCUT2D eigenvalue weighted by atomic mass is 10.1. The molecule has 0 aliphatic carbocycles. The topological polar surface area (TPSA) is 79.3 Å². The standard InChI is InChI=1S/C14H15ClN2O3S/c1-9-11(8-18)6-12(15)7-14(9)21(19,20)17-13-4-3-5-16-10(13)2/h3-7,17-18H,8H2,1-2H3. The average molecular weight is 327 g/mol. The molecule has 0 amide bonds. The number of nitrogens with zero attached hydrogens (tertiary/aromatic N) is 1. The van der Waals surface area contributed by atoms with Crippen LogP contribution in [0.15, 0.2) is 35.4 Å². The van der Waals surface area contributed by atoms with E-state index >= 15 is 0 Å². The Kier molecular flexibility index (Phi) is 4.51. The summed E-state index contributed by atoms with van der Waals surface area (Å²) in [6.45, 7) is 3.06. The van der Waals surface area contributed by atoms with Gasteiger partial charge in [-0.15, -0.1) is 0 Å². The van der Waals surface area contributed by atoms with Gasteiger partial charge in [-0.25, -0.2) is 8.42 Å². The monoisotopic (exact) mass is 326 g/mol. The van der Waals surface area contributed by atoms with Crippen molar-refractivity contribution in [1.29, 1.82) is 0 Å². The highest BCUT2D eigenvalue weighted by Crippen LogP contribution is 2.26. The van der Waals surface area contributed by atoms with Crippen molar-refractivity contribution in [1.82, 2.24) is 4.98 Å². The van der Waals surface area contributed by atoms with Crippen LogP contribution < -0.4 is 4.72 Å². The lowest BCUT2D eigenvalue weighted by molar-refractivity contribution is 0.280. The minimum absolute atomic E-state index is 0.0438. The van der Waals surface area contributed by atoms with E-state index in [0.717, 1.165) is 0 Å². The number of benzene rings is 1. The molecule has 0 aliphatic rings. The van der Waals surface area contributed by atoms with Gasteiger partial charge in [0.25, 0.3) is 10.0 Å². The number of pyridine rings is 1. The molecule has 0 radical (unpaired) electrons. The zero-order valence-corrected chi connectivity index (χ0v) is 13.2. The third-order valence-electron chi connectivity index (χ3n) is 3.14. The first kappa shape index (κ1) is 15.8. The van der Waals surface area contributed by atoms with Gasteiger partial charge in [-0.2, -0.15) is 0 Å². The molecule has 1 heterocycles. The molecule has 0 unspecified atom stereocenters. The van der Waals surface area contributed by atoms with Crippen LogP contribution in [0.2, 0.25) is 5.02 Å². The van der Waals surface area contributed by atoms with Crippen molar-refractivity contribution >= 4 is 27.3 Å². The van der Waals surface area contributed by atoms with E-state index in [2.05, 4.69) is 9.71 Å². The quantitative estimate of drug-likeness (QED) is 0.905. The number of aromatic nitrogens is 1. The fraction of sp³-hybridized carbons (Fsp3) is 0.214. The van der Waals surface area contributed by atoms with Gasteiger partial charge in [0.15, 0.2) is 0 Å². The molecule has 5 nitrogen and oxygen atoms in total. The number of aliphatic hydroxyl groups is 1. The molecule has 0 fully saturated rings. The van der Waals surface area contributed by atoms with Gasteiger partial charge in [-0.05, 0) is 49.2 Å². The molecule has 0 aliphatic heterocycles. The van der Waals surface area contributed by atoms with E-state index in [1.165, 1.54) is 6.07 Å². The summed E-state index contributed by atoms with van der Waals surface area (Å²) in [5.41, 5.74) is 1.92. The normalized spacial score (nSPS) is 11.4. The van der Waals surface area contributed by atoms with Crippen LogP contribution in [0.5, 0.6) is 0 Å². The predicted octanol–water partition coefficient (Wildman–Crippen LogP) is 2.64. The van der Waals surface area contributed by atoms with E-state index < -0.39 is 10.0 Å². The van der Waals surface area contributed by atoms with Crippen molar-refractivity contribution in [2.24, 2.45) is 0 Å². The Morgan fingerprint density at radius 1 is 1.33 bits per heavy atom. The molecule has 0 atom stereocenters. The maximum absolute atomic E-state index is 12.5. The molecule has 7 heteroatoms. The number of aryl methyl sites for hydroxylation is 1. The highest BCUT2D eigenvalue weighted by atomic mass is 35.5. The third kappa shape index (κ3) is 3.34. The Balaban J connectivity index is 2.50. The van der Waals surface area contributed by atoms with E-state index in [0.29, 0.717) is 22.5 Å². The van der Waals surface area contributed by atoms with Crippen molar-refractivity contribution in [3.63, 3.8) is 0 Å². The van der Waals surface area contributed by atoms with Crippen molar-refractivity contribution < 1.29 is 13.5 Å². The van der Waals surface area contributed by atoms with Gasteiger partial charge in [0.2, 0.25) is 0 Å². The first-order valence-corrected chi connectivity index (χ1v) is 8.05. The van der Waals surface area contributed by atoms with E-state index in [1.54, 1.807) is 38.2 Å². The van der Waals surface area contributed by atoms with Crippen molar-refractivity contribution in [3.05, 3.63) is 52.3 Å². The van der Waals surface area contributed by atoms with Gasteiger partial charge in [-0.1, -0.05) is 11.6 Å². The number of sulfonamides is 1. The number of nitrogens with one attached hydrogen (secondary N) is 1. The van der Waals surface area contributed by atoms with Gasteiger partial charge in [0, 0.05) is 11.2 Å². The first-order chi connectivity index (χ1) is 9.85. The lowest BCUT2D eigenvalue weighted by Crippen LogP contribution is -2.16. The second-order valence-electron chi connectivity index (χ2n) is 4.59. The summed E-state index contributed by atoms with van der Waals surface area (Å²) >= 11 is 5.93. The van der Waals surface area contributed by atoms with Gasteiger partial charge < -0.3 is 5.11 Å². The van der Waals surface area contributed by atoms with Gasteiger partial charge in [0.05, 0.1) is 22.9 Å². The van der Waals surface area contributed by atoms with Crippen LogP contribution in [0.25, 0.3) is 0 Å². The molecule has 2 rings (SSSR count). The van der Waals surface area contributed by atoms with Crippen LogP contribution in [-0.2, 0) is 16.6 Å². The SMILES string of the molecule is Cc1ncccc1NS(=O)(=O)c1cc(Cl)cc(CO)c1C. The fourth-order valence-electron chi connectivity index (χ4n) is 1.94. The average Bonchev–Trinajstić information content (AvgIpc) is 2.43. The molecule has 1 aromatic heterocycles. The number of hydrogen-bond acceptors (Lipinski definition) is 4. The fourth-order valence-corrected chi connectivity index (χ4v) is 3.68. The lowest BCUT2D eigenvalue weighted by Gasteiger charge is -2.14. The maximum Gasteiger partial charge on any atom is 0.262 e. The van der Waals surface area contributed by atoms with Crippen LogP contribution in [0.4, 0.5) is 5.69 Å². The molecule has 0 saturated carbocycles. The number of hydrogen-bond donors (Lipinski definition) is 2. The number of halogens is 1. The molecule has 0 spiro atoms. The summed E-state index contributed by atoms with van der Waals surface area (Å²) < 4.78 is 27.5.